The van der Waals surface area contributed by atoms with E-state index in [1.807, 2.05) is 5.32 Å². The molecule has 1 heterocycles. The smallest absolute Gasteiger partial charge is 0.409 e. The largest absolute Gasteiger partial charge is 0.465 e. The van der Waals surface area contributed by atoms with Crippen molar-refractivity contribution in [1.82, 2.24) is 0 Å². The van der Waals surface area contributed by atoms with Gasteiger partial charge in [-0.2, -0.15) is 13.2 Å². The van der Waals surface area contributed by atoms with Crippen LogP contribution in [-0.4, -0.2) is 23.7 Å². The summed E-state index contributed by atoms with van der Waals surface area (Å²) >= 11 is 0.614. The van der Waals surface area contributed by atoms with Crippen LogP contribution in [0.3, 0.4) is 0 Å². The van der Waals surface area contributed by atoms with Crippen molar-refractivity contribution >= 4 is 29.4 Å². The molecule has 0 aliphatic heterocycles. The number of carbonyl (C=O) groups excluding carboxylic acids is 1. The molecule has 2 N–H and O–H groups in total. The molecule has 88 valence electrons. The Bertz CT molecular complexity index is 413. The minimum atomic E-state index is -4.38. The Hall–Kier alpha value is -1.57. The van der Waals surface area contributed by atoms with E-state index in [0.717, 1.165) is 6.07 Å². The monoisotopic (exact) mass is 253 g/mol. The second-order valence-corrected chi connectivity index (χ2v) is 4.00. The van der Waals surface area contributed by atoms with E-state index in [2.05, 4.69) is 0 Å². The number of rotatable bonds is 3. The van der Waals surface area contributed by atoms with Crippen LogP contribution >= 0.6 is 11.3 Å². The van der Waals surface area contributed by atoms with Crippen LogP contribution in [0.2, 0.25) is 0 Å². The molecule has 4 nitrogen and oxygen atoms in total. The van der Waals surface area contributed by atoms with Gasteiger partial charge in [-0.05, 0) is 6.07 Å². The van der Waals surface area contributed by atoms with Crippen molar-refractivity contribution in [1.29, 1.82) is 0 Å². The van der Waals surface area contributed by atoms with Crippen LogP contribution in [0.15, 0.2) is 6.07 Å². The van der Waals surface area contributed by atoms with Crippen LogP contribution in [0.1, 0.15) is 14.5 Å². The Morgan fingerprint density at radius 3 is 2.62 bits per heavy atom. The molecule has 0 bridgehead atoms. The van der Waals surface area contributed by atoms with Gasteiger partial charge in [0.05, 0.1) is 17.0 Å². The summed E-state index contributed by atoms with van der Waals surface area (Å²) in [6, 6.07) is 1.01. The number of aldehydes is 1. The molecule has 1 rings (SSSR count). The Morgan fingerprint density at radius 2 is 2.19 bits per heavy atom. The normalized spacial score (nSPS) is 11.2. The maximum Gasteiger partial charge on any atom is 0.409 e. The van der Waals surface area contributed by atoms with Crippen LogP contribution in [0.25, 0.3) is 0 Å². The van der Waals surface area contributed by atoms with Crippen molar-refractivity contribution in [3.05, 3.63) is 15.8 Å². The fraction of sp³-hybridized carbons (Fsp3) is 0.250. The lowest BCUT2D eigenvalue weighted by molar-refractivity contribution is -0.126. The van der Waals surface area contributed by atoms with E-state index in [-0.39, 0.29) is 15.4 Å². The molecule has 0 aromatic carbocycles. The lowest BCUT2D eigenvalue weighted by atomic mass is 10.3. The molecule has 1 aromatic rings. The zero-order valence-electron chi connectivity index (χ0n) is 7.67. The van der Waals surface area contributed by atoms with Crippen molar-refractivity contribution in [2.45, 2.75) is 12.6 Å². The Morgan fingerprint density at radius 1 is 1.56 bits per heavy atom. The van der Waals surface area contributed by atoms with Crippen molar-refractivity contribution in [2.24, 2.45) is 0 Å². The van der Waals surface area contributed by atoms with E-state index in [4.69, 9.17) is 5.11 Å². The van der Waals surface area contributed by atoms with Gasteiger partial charge in [0.1, 0.15) is 0 Å². The van der Waals surface area contributed by atoms with E-state index in [1.54, 1.807) is 0 Å². The Labute approximate surface area is 91.7 Å². The van der Waals surface area contributed by atoms with Gasteiger partial charge in [0.15, 0.2) is 6.29 Å². The second kappa shape index (κ2) is 4.52. The molecule has 0 unspecified atom stereocenters. The standard InChI is InChI=1S/C8H6F3NO3S/c9-8(10,11)2-4-1-5(12-7(14)15)6(3-13)16-4/h1,3,12H,2H2,(H,14,15). The quantitative estimate of drug-likeness (QED) is 0.814. The predicted molar refractivity (Wildman–Crippen MR) is 51.1 cm³/mol. The van der Waals surface area contributed by atoms with Crippen LogP contribution in [0, 0.1) is 0 Å². The van der Waals surface area contributed by atoms with Gasteiger partial charge in [-0.15, -0.1) is 11.3 Å². The maximum atomic E-state index is 12.0. The SMILES string of the molecule is O=Cc1sc(CC(F)(F)F)cc1NC(=O)O. The molecule has 0 radical (unpaired) electrons. The number of hydrogen-bond donors (Lipinski definition) is 2. The molecule has 16 heavy (non-hydrogen) atoms. The number of nitrogens with one attached hydrogen (secondary N) is 1. The van der Waals surface area contributed by atoms with Gasteiger partial charge in [-0.25, -0.2) is 4.79 Å². The molecule has 1 aromatic heterocycles. The first-order chi connectivity index (χ1) is 7.31. The highest BCUT2D eigenvalue weighted by molar-refractivity contribution is 7.14. The third-order valence-electron chi connectivity index (χ3n) is 1.54. The number of anilines is 1. The number of amides is 1. The van der Waals surface area contributed by atoms with E-state index < -0.39 is 18.7 Å². The van der Waals surface area contributed by atoms with Gasteiger partial charge in [0.25, 0.3) is 0 Å². The lowest BCUT2D eigenvalue weighted by Gasteiger charge is -2.02. The predicted octanol–water partition coefficient (Wildman–Crippen LogP) is 2.76. The molecule has 8 heteroatoms. The zero-order chi connectivity index (χ0) is 12.3. The molecular formula is C8H6F3NO3S. The highest BCUT2D eigenvalue weighted by Crippen LogP contribution is 2.31. The van der Waals surface area contributed by atoms with E-state index in [9.17, 15) is 22.8 Å². The van der Waals surface area contributed by atoms with Gasteiger partial charge >= 0.3 is 12.3 Å². The molecule has 0 spiro atoms. The second-order valence-electron chi connectivity index (χ2n) is 2.83. The molecule has 0 aliphatic carbocycles. The highest BCUT2D eigenvalue weighted by Gasteiger charge is 2.29. The molecule has 0 fully saturated rings. The number of carbonyl (C=O) groups is 2. The van der Waals surface area contributed by atoms with Crippen LogP contribution in [0.4, 0.5) is 23.7 Å². The number of alkyl halides is 3. The summed E-state index contributed by atoms with van der Waals surface area (Å²) in [6.45, 7) is 0. The summed E-state index contributed by atoms with van der Waals surface area (Å²) in [6.07, 6.45) is -6.68. The van der Waals surface area contributed by atoms with Crippen molar-refractivity contribution in [3.63, 3.8) is 0 Å². The summed E-state index contributed by atoms with van der Waals surface area (Å²) in [4.78, 5) is 20.6. The van der Waals surface area contributed by atoms with E-state index >= 15 is 0 Å². The third-order valence-corrected chi connectivity index (χ3v) is 2.60. The maximum absolute atomic E-state index is 12.0. The van der Waals surface area contributed by atoms with Gasteiger partial charge in [0.2, 0.25) is 0 Å². The molecular weight excluding hydrogens is 247 g/mol. The molecule has 0 atom stereocenters. The molecule has 0 saturated heterocycles. The van der Waals surface area contributed by atoms with Crippen LogP contribution in [0.5, 0.6) is 0 Å². The fourth-order valence-electron chi connectivity index (χ4n) is 1.04. The first-order valence-corrected chi connectivity index (χ1v) is 4.78. The van der Waals surface area contributed by atoms with E-state index in [1.165, 1.54) is 0 Å². The Balaban J connectivity index is 2.93. The zero-order valence-corrected chi connectivity index (χ0v) is 8.48. The first kappa shape index (κ1) is 12.5. The van der Waals surface area contributed by atoms with Gasteiger partial charge in [-0.3, -0.25) is 10.1 Å². The van der Waals surface area contributed by atoms with Crippen molar-refractivity contribution < 1.29 is 27.9 Å². The van der Waals surface area contributed by atoms with Crippen molar-refractivity contribution in [3.8, 4) is 0 Å². The summed E-state index contributed by atoms with van der Waals surface area (Å²) in [5.74, 6) is 0. The van der Waals surface area contributed by atoms with Crippen molar-refractivity contribution in [2.75, 3.05) is 5.32 Å². The summed E-state index contributed by atoms with van der Waals surface area (Å²) in [5, 5.41) is 10.2. The number of hydrogen-bond acceptors (Lipinski definition) is 3. The Kier molecular flexibility index (Phi) is 3.53. The topological polar surface area (TPSA) is 66.4 Å². The summed E-state index contributed by atoms with van der Waals surface area (Å²) in [5.41, 5.74) is -0.119. The number of carboxylic acid groups (broad SMARTS) is 1. The molecule has 1 amide bonds. The number of thiophene rings is 1. The minimum Gasteiger partial charge on any atom is -0.465 e. The van der Waals surface area contributed by atoms with E-state index in [0.29, 0.717) is 17.6 Å². The highest BCUT2D eigenvalue weighted by atomic mass is 32.1. The van der Waals surface area contributed by atoms with Gasteiger partial charge in [-0.1, -0.05) is 0 Å². The molecule has 0 aliphatic rings. The molecule has 0 saturated carbocycles. The average Bonchev–Trinajstić information content (AvgIpc) is 2.42. The third kappa shape index (κ3) is 3.54. The fourth-order valence-corrected chi connectivity index (χ4v) is 2.01. The lowest BCUT2D eigenvalue weighted by Crippen LogP contribution is -2.10. The first-order valence-electron chi connectivity index (χ1n) is 3.96. The minimum absolute atomic E-state index is 0.0679. The average molecular weight is 253 g/mol. The van der Waals surface area contributed by atoms with Crippen LogP contribution in [-0.2, 0) is 6.42 Å². The van der Waals surface area contributed by atoms with Crippen LogP contribution < -0.4 is 5.32 Å². The van der Waals surface area contributed by atoms with Gasteiger partial charge in [0, 0.05) is 4.88 Å². The number of halogens is 3. The summed E-state index contributed by atoms with van der Waals surface area (Å²) < 4.78 is 36.1. The van der Waals surface area contributed by atoms with Gasteiger partial charge < -0.3 is 5.11 Å². The summed E-state index contributed by atoms with van der Waals surface area (Å²) in [7, 11) is 0.